The number of aryl methyl sites for hydroxylation is 1. The van der Waals surface area contributed by atoms with E-state index in [-0.39, 0.29) is 41.8 Å². The third-order valence-electron chi connectivity index (χ3n) is 9.26. The van der Waals surface area contributed by atoms with E-state index in [2.05, 4.69) is 35.0 Å². The fraction of sp³-hybridized carbons (Fsp3) is 0.308. The van der Waals surface area contributed by atoms with Crippen LogP contribution >= 0.6 is 11.3 Å². The summed E-state index contributed by atoms with van der Waals surface area (Å²) in [6.45, 7) is 2.65. The van der Waals surface area contributed by atoms with Crippen LogP contribution in [0.1, 0.15) is 41.4 Å². The van der Waals surface area contributed by atoms with Crippen LogP contribution in [0, 0.1) is 0 Å². The van der Waals surface area contributed by atoms with Gasteiger partial charge in [0, 0.05) is 54.2 Å². The molecule has 2 aromatic heterocycles. The molecule has 1 saturated heterocycles. The number of hydrogen-bond donors (Lipinski definition) is 6. The van der Waals surface area contributed by atoms with E-state index in [0.29, 0.717) is 29.6 Å². The lowest BCUT2D eigenvalue weighted by Gasteiger charge is -2.36. The molecule has 266 valence electrons. The topological polar surface area (TPSA) is 153 Å². The van der Waals surface area contributed by atoms with Gasteiger partial charge < -0.3 is 35.1 Å². The van der Waals surface area contributed by atoms with E-state index >= 15 is 0 Å². The van der Waals surface area contributed by atoms with Crippen molar-refractivity contribution >= 4 is 44.9 Å². The van der Waals surface area contributed by atoms with Gasteiger partial charge in [0.1, 0.15) is 11.9 Å². The molecule has 0 aliphatic carbocycles. The average molecular weight is 711 g/mol. The number of phenolic OH excluding ortho intramolecular Hbond substituents is 1. The molecule has 0 radical (unpaired) electrons. The van der Waals surface area contributed by atoms with Crippen LogP contribution in [-0.4, -0.2) is 71.5 Å². The number of carbonyl (C=O) groups excluding carboxylic acids is 2. The molecular formula is C39H44N5O6S+. The van der Waals surface area contributed by atoms with E-state index in [4.69, 9.17) is 4.74 Å². The Morgan fingerprint density at radius 2 is 1.76 bits per heavy atom. The number of phenols is 1. The van der Waals surface area contributed by atoms with Crippen molar-refractivity contribution in [3.63, 3.8) is 0 Å². The van der Waals surface area contributed by atoms with Crippen molar-refractivity contribution < 1.29 is 29.0 Å². The molecule has 51 heavy (non-hydrogen) atoms. The van der Waals surface area contributed by atoms with Crippen molar-refractivity contribution in [2.75, 3.05) is 44.4 Å². The maximum atomic E-state index is 13.0. The number of carbonyl (C=O) groups is 2. The van der Waals surface area contributed by atoms with Crippen LogP contribution in [0.2, 0.25) is 0 Å². The van der Waals surface area contributed by atoms with Crippen LogP contribution < -0.4 is 21.5 Å². The van der Waals surface area contributed by atoms with Gasteiger partial charge in [-0.2, -0.15) is 0 Å². The number of thiophene rings is 1. The molecule has 1 fully saturated rings. The number of aromatic hydroxyl groups is 1. The number of ether oxygens (including phenoxy) is 1. The Kier molecular flexibility index (Phi) is 11.2. The molecule has 1 aliphatic heterocycles. The molecule has 3 heterocycles. The molecule has 1 aliphatic rings. The number of nitrogens with one attached hydrogen (secondary N) is 4. The van der Waals surface area contributed by atoms with Gasteiger partial charge in [-0.05, 0) is 53.4 Å². The van der Waals surface area contributed by atoms with Crippen molar-refractivity contribution in [1.82, 2.24) is 10.3 Å². The number of fused-ring (bicyclic) bond motifs is 1. The van der Waals surface area contributed by atoms with Crippen LogP contribution in [0.15, 0.2) is 89.7 Å². The fourth-order valence-corrected chi connectivity index (χ4v) is 7.25. The highest BCUT2D eigenvalue weighted by molar-refractivity contribution is 7.16. The zero-order chi connectivity index (χ0) is 36.0. The largest absolute Gasteiger partial charge is 0.506 e. The van der Waals surface area contributed by atoms with Gasteiger partial charge in [0.2, 0.25) is 11.5 Å². The second-order valence-corrected chi connectivity index (χ2v) is 14.8. The molecule has 12 heteroatoms. The molecule has 3 aromatic carbocycles. The Balaban J connectivity index is 1.01. The van der Waals surface area contributed by atoms with E-state index in [9.17, 15) is 24.6 Å². The van der Waals surface area contributed by atoms with Gasteiger partial charge in [-0.3, -0.25) is 14.9 Å². The number of quaternary nitrogens is 1. The lowest BCUT2D eigenvalue weighted by molar-refractivity contribution is -0.896. The highest BCUT2D eigenvalue weighted by Gasteiger charge is 2.28. The van der Waals surface area contributed by atoms with Crippen molar-refractivity contribution in [1.29, 1.82) is 0 Å². The van der Waals surface area contributed by atoms with Crippen LogP contribution in [0.25, 0.3) is 22.0 Å². The van der Waals surface area contributed by atoms with Crippen molar-refractivity contribution in [3.05, 3.63) is 111 Å². The molecule has 0 spiro atoms. The summed E-state index contributed by atoms with van der Waals surface area (Å²) >= 11 is 1.45. The summed E-state index contributed by atoms with van der Waals surface area (Å²) in [6, 6.07) is 25.5. The third kappa shape index (κ3) is 9.41. The van der Waals surface area contributed by atoms with Gasteiger partial charge in [0.05, 0.1) is 49.5 Å². The SMILES string of the molecule is C[N+]1(C)CCC(OC(=O)Nc2cc(CCC(=O)Nc3ccc(CNC[C@H](O)c4ccc(O)c5[nH]c(=O)ccc45)s3)ccc2-c2ccccc2)CC1. The average Bonchev–Trinajstić information content (AvgIpc) is 3.55. The Labute approximate surface area is 300 Å². The smallest absolute Gasteiger partial charge is 0.411 e. The second kappa shape index (κ2) is 15.9. The summed E-state index contributed by atoms with van der Waals surface area (Å²) < 4.78 is 6.74. The number of aliphatic hydroxyl groups excluding tert-OH is 1. The predicted octanol–water partition coefficient (Wildman–Crippen LogP) is 6.14. The number of amides is 2. The van der Waals surface area contributed by atoms with Gasteiger partial charge in [-0.1, -0.05) is 48.5 Å². The number of hydrogen-bond acceptors (Lipinski definition) is 8. The number of piperidine rings is 1. The number of aromatic amines is 1. The first-order valence-corrected chi connectivity index (χ1v) is 17.9. The minimum atomic E-state index is -0.870. The summed E-state index contributed by atoms with van der Waals surface area (Å²) in [5, 5.41) is 31.4. The predicted molar refractivity (Wildman–Crippen MR) is 201 cm³/mol. The Hall–Kier alpha value is -5.01. The monoisotopic (exact) mass is 710 g/mol. The Morgan fingerprint density at radius 3 is 2.55 bits per heavy atom. The number of likely N-dealkylation sites (tertiary alicyclic amines) is 1. The molecule has 6 N–H and O–H groups in total. The number of anilines is 2. The molecule has 0 bridgehead atoms. The first-order valence-electron chi connectivity index (χ1n) is 17.1. The molecule has 6 rings (SSSR count). The number of pyridine rings is 1. The van der Waals surface area contributed by atoms with Crippen LogP contribution in [0.3, 0.4) is 0 Å². The summed E-state index contributed by atoms with van der Waals surface area (Å²) in [5.74, 6) is -0.179. The molecule has 11 nitrogen and oxygen atoms in total. The molecule has 2 amide bonds. The van der Waals surface area contributed by atoms with Crippen molar-refractivity contribution in [2.45, 2.75) is 44.4 Å². The normalized spacial score (nSPS) is 15.0. The zero-order valence-electron chi connectivity index (χ0n) is 28.8. The third-order valence-corrected chi connectivity index (χ3v) is 10.3. The maximum absolute atomic E-state index is 13.0. The molecule has 1 atom stereocenters. The number of H-pyrrole nitrogens is 1. The molecular weight excluding hydrogens is 667 g/mol. The lowest BCUT2D eigenvalue weighted by atomic mass is 9.99. The minimum absolute atomic E-state index is 0.0573. The van der Waals surface area contributed by atoms with Gasteiger partial charge in [0.15, 0.2) is 0 Å². The van der Waals surface area contributed by atoms with E-state index < -0.39 is 12.2 Å². The lowest BCUT2D eigenvalue weighted by Crippen LogP contribution is -2.48. The molecule has 0 unspecified atom stereocenters. The summed E-state index contributed by atoms with van der Waals surface area (Å²) in [6.07, 6.45) is 0.953. The van der Waals surface area contributed by atoms with Gasteiger partial charge in [-0.25, -0.2) is 4.79 Å². The summed E-state index contributed by atoms with van der Waals surface area (Å²) in [5.41, 5.74) is 3.95. The van der Waals surface area contributed by atoms with Gasteiger partial charge >= 0.3 is 6.09 Å². The van der Waals surface area contributed by atoms with E-state index in [1.54, 1.807) is 12.1 Å². The van der Waals surface area contributed by atoms with Crippen molar-refractivity contribution in [3.8, 4) is 16.9 Å². The Morgan fingerprint density at radius 1 is 0.980 bits per heavy atom. The van der Waals surface area contributed by atoms with Crippen LogP contribution in [0.5, 0.6) is 5.75 Å². The van der Waals surface area contributed by atoms with E-state index in [1.165, 1.54) is 23.5 Å². The first-order chi connectivity index (χ1) is 24.5. The number of rotatable bonds is 12. The second-order valence-electron chi connectivity index (χ2n) is 13.6. The summed E-state index contributed by atoms with van der Waals surface area (Å²) in [7, 11) is 4.38. The number of aliphatic hydroxyl groups is 1. The van der Waals surface area contributed by atoms with Crippen LogP contribution in [-0.2, 0) is 22.5 Å². The maximum Gasteiger partial charge on any atom is 0.411 e. The van der Waals surface area contributed by atoms with E-state index in [0.717, 1.165) is 57.0 Å². The standard InChI is InChI=1S/C39H43N5O6S/c1-44(2)20-18-27(19-21-44)50-39(49)41-32-22-25(8-11-29(32)26-6-4-3-5-7-26)9-15-35(47)42-37-17-10-28(51-37)23-40-24-34(46)30-12-14-33(45)38-31(30)13-16-36(48)43-38/h3-8,10-14,16-17,22,27,34,40,46H,9,15,18-21,23-24H2,1-2H3,(H3-,41,42,43,45,47,48,49)/p+1/t34-/m0/s1. The zero-order valence-corrected chi connectivity index (χ0v) is 29.6. The Bertz CT molecular complexity index is 2050. The number of aromatic nitrogens is 1. The van der Waals surface area contributed by atoms with Gasteiger partial charge in [0.25, 0.3) is 0 Å². The minimum Gasteiger partial charge on any atom is -0.506 e. The van der Waals surface area contributed by atoms with Crippen molar-refractivity contribution in [2.24, 2.45) is 0 Å². The first kappa shape index (κ1) is 35.8. The molecule has 0 saturated carbocycles. The highest BCUT2D eigenvalue weighted by atomic mass is 32.1. The van der Waals surface area contributed by atoms with Gasteiger partial charge in [-0.15, -0.1) is 11.3 Å². The van der Waals surface area contributed by atoms with Crippen LogP contribution in [0.4, 0.5) is 15.5 Å². The molecule has 5 aromatic rings. The quantitative estimate of drug-likeness (QED) is 0.0851. The van der Waals surface area contributed by atoms with E-state index in [1.807, 2.05) is 60.7 Å². The summed E-state index contributed by atoms with van der Waals surface area (Å²) in [4.78, 5) is 41.2. The fourth-order valence-electron chi connectivity index (χ4n) is 6.36. The number of nitrogens with zero attached hydrogens (tertiary/aromatic N) is 1. The highest BCUT2D eigenvalue weighted by Crippen LogP contribution is 2.31. The number of benzene rings is 3.